The third kappa shape index (κ3) is 2.09. The molecule has 0 saturated heterocycles. The molecule has 0 radical (unpaired) electrons. The number of pyridine rings is 1. The fourth-order valence-corrected chi connectivity index (χ4v) is 3.00. The maximum atomic E-state index is 10.7. The molecule has 2 rings (SSSR count). The van der Waals surface area contributed by atoms with Gasteiger partial charge in [0.15, 0.2) is 0 Å². The molecule has 0 aromatic carbocycles. The molecule has 3 nitrogen and oxygen atoms in total. The van der Waals surface area contributed by atoms with Gasteiger partial charge in [-0.25, -0.2) is 0 Å². The molecule has 1 fully saturated rings. The zero-order valence-electron chi connectivity index (χ0n) is 11.0. The standard InChI is InChI=1S/C14H22N2O/c1-11-6-9-15-10-12(11)13(17)14(16(2)3)7-4-5-8-14/h6,9-10,13,17H,4-5,7-8H2,1-3H3. The number of rotatable bonds is 3. The summed E-state index contributed by atoms with van der Waals surface area (Å²) in [7, 11) is 4.14. The predicted octanol–water partition coefficient (Wildman–Crippen LogP) is 2.30. The van der Waals surface area contributed by atoms with E-state index in [9.17, 15) is 5.11 Å². The number of aliphatic hydroxyl groups excluding tert-OH is 1. The van der Waals surface area contributed by atoms with E-state index in [2.05, 4.69) is 24.0 Å². The molecule has 0 spiro atoms. The van der Waals surface area contributed by atoms with Crippen LogP contribution in [-0.2, 0) is 0 Å². The van der Waals surface area contributed by atoms with Crippen LogP contribution in [-0.4, -0.2) is 34.6 Å². The first-order valence-corrected chi connectivity index (χ1v) is 6.34. The lowest BCUT2D eigenvalue weighted by Crippen LogP contribution is -2.47. The summed E-state index contributed by atoms with van der Waals surface area (Å²) < 4.78 is 0. The second-order valence-corrected chi connectivity index (χ2v) is 5.34. The Kier molecular flexibility index (Phi) is 3.50. The molecule has 1 aromatic heterocycles. The molecule has 1 unspecified atom stereocenters. The van der Waals surface area contributed by atoms with Gasteiger partial charge in [0.2, 0.25) is 0 Å². The fraction of sp³-hybridized carbons (Fsp3) is 0.643. The van der Waals surface area contributed by atoms with Gasteiger partial charge < -0.3 is 10.0 Å². The van der Waals surface area contributed by atoms with Gasteiger partial charge in [0.05, 0.1) is 11.6 Å². The summed E-state index contributed by atoms with van der Waals surface area (Å²) in [4.78, 5) is 6.34. The molecule has 3 heteroatoms. The summed E-state index contributed by atoms with van der Waals surface area (Å²) in [5, 5.41) is 10.7. The van der Waals surface area contributed by atoms with Crippen LogP contribution in [0, 0.1) is 6.92 Å². The average Bonchev–Trinajstić information content (AvgIpc) is 2.79. The van der Waals surface area contributed by atoms with Crippen molar-refractivity contribution in [3.8, 4) is 0 Å². The predicted molar refractivity (Wildman–Crippen MR) is 68.8 cm³/mol. The molecule has 1 aliphatic rings. The van der Waals surface area contributed by atoms with Crippen molar-refractivity contribution in [3.05, 3.63) is 29.6 Å². The number of aromatic nitrogens is 1. The summed E-state index contributed by atoms with van der Waals surface area (Å²) in [6, 6.07) is 1.97. The van der Waals surface area contributed by atoms with Crippen LogP contribution in [0.15, 0.2) is 18.5 Å². The van der Waals surface area contributed by atoms with E-state index in [0.29, 0.717) is 0 Å². The quantitative estimate of drug-likeness (QED) is 0.871. The van der Waals surface area contributed by atoms with E-state index < -0.39 is 6.10 Å². The van der Waals surface area contributed by atoms with Gasteiger partial charge >= 0.3 is 0 Å². The zero-order valence-corrected chi connectivity index (χ0v) is 11.0. The Morgan fingerprint density at radius 2 is 2.00 bits per heavy atom. The fourth-order valence-electron chi connectivity index (χ4n) is 3.00. The van der Waals surface area contributed by atoms with Gasteiger partial charge in [-0.1, -0.05) is 12.8 Å². The van der Waals surface area contributed by atoms with Crippen molar-refractivity contribution in [2.75, 3.05) is 14.1 Å². The van der Waals surface area contributed by atoms with Crippen molar-refractivity contribution in [2.45, 2.75) is 44.2 Å². The second-order valence-electron chi connectivity index (χ2n) is 5.34. The Hall–Kier alpha value is -0.930. The van der Waals surface area contributed by atoms with E-state index in [4.69, 9.17) is 0 Å². The molecule has 0 aliphatic heterocycles. The van der Waals surface area contributed by atoms with Crippen LogP contribution in [0.25, 0.3) is 0 Å². The highest BCUT2D eigenvalue weighted by molar-refractivity contribution is 5.27. The van der Waals surface area contributed by atoms with Crippen LogP contribution < -0.4 is 0 Å². The minimum Gasteiger partial charge on any atom is -0.386 e. The third-order valence-corrected chi connectivity index (χ3v) is 4.24. The monoisotopic (exact) mass is 234 g/mol. The van der Waals surface area contributed by atoms with Crippen molar-refractivity contribution in [2.24, 2.45) is 0 Å². The maximum absolute atomic E-state index is 10.7. The summed E-state index contributed by atoms with van der Waals surface area (Å²) in [5.74, 6) is 0. The SMILES string of the molecule is Cc1ccncc1C(O)C1(N(C)C)CCCC1. The van der Waals surface area contributed by atoms with Crippen LogP contribution in [0.5, 0.6) is 0 Å². The van der Waals surface area contributed by atoms with E-state index in [-0.39, 0.29) is 5.54 Å². The van der Waals surface area contributed by atoms with E-state index >= 15 is 0 Å². The molecule has 1 N–H and O–H groups in total. The van der Waals surface area contributed by atoms with Crippen molar-refractivity contribution in [3.63, 3.8) is 0 Å². The van der Waals surface area contributed by atoms with Crippen LogP contribution in [0.2, 0.25) is 0 Å². The molecule has 1 heterocycles. The molecule has 1 aliphatic carbocycles. The van der Waals surface area contributed by atoms with Crippen LogP contribution in [0.3, 0.4) is 0 Å². The Bertz CT molecular complexity index is 384. The highest BCUT2D eigenvalue weighted by Gasteiger charge is 2.43. The number of likely N-dealkylation sites (N-methyl/N-ethyl adjacent to an activating group) is 1. The van der Waals surface area contributed by atoms with Crippen molar-refractivity contribution in [1.29, 1.82) is 0 Å². The molecule has 1 saturated carbocycles. The lowest BCUT2D eigenvalue weighted by Gasteiger charge is -2.41. The molecular formula is C14H22N2O. The number of hydrogen-bond donors (Lipinski definition) is 1. The maximum Gasteiger partial charge on any atom is 0.0990 e. The van der Waals surface area contributed by atoms with Gasteiger partial charge in [0.25, 0.3) is 0 Å². The van der Waals surface area contributed by atoms with Crippen molar-refractivity contribution in [1.82, 2.24) is 9.88 Å². The molecule has 1 aromatic rings. The lowest BCUT2D eigenvalue weighted by molar-refractivity contribution is -0.00529. The minimum absolute atomic E-state index is 0.103. The minimum atomic E-state index is -0.436. The van der Waals surface area contributed by atoms with E-state index in [0.717, 1.165) is 24.0 Å². The van der Waals surface area contributed by atoms with Gasteiger partial charge in [-0.3, -0.25) is 4.98 Å². The van der Waals surface area contributed by atoms with E-state index in [1.165, 1.54) is 12.8 Å². The first-order chi connectivity index (χ1) is 8.08. The van der Waals surface area contributed by atoms with Gasteiger partial charge in [0, 0.05) is 18.0 Å². The Balaban J connectivity index is 2.35. The molecule has 0 bridgehead atoms. The second kappa shape index (κ2) is 4.75. The molecule has 1 atom stereocenters. The van der Waals surface area contributed by atoms with Crippen molar-refractivity contribution < 1.29 is 5.11 Å². The molecule has 17 heavy (non-hydrogen) atoms. The molecule has 94 valence electrons. The van der Waals surface area contributed by atoms with Gasteiger partial charge in [-0.15, -0.1) is 0 Å². The van der Waals surface area contributed by atoms with Gasteiger partial charge in [0.1, 0.15) is 0 Å². The molecular weight excluding hydrogens is 212 g/mol. The van der Waals surface area contributed by atoms with Gasteiger partial charge in [-0.2, -0.15) is 0 Å². The summed E-state index contributed by atoms with van der Waals surface area (Å²) in [6.45, 7) is 2.04. The highest BCUT2D eigenvalue weighted by atomic mass is 16.3. The van der Waals surface area contributed by atoms with Gasteiger partial charge in [-0.05, 0) is 45.5 Å². The summed E-state index contributed by atoms with van der Waals surface area (Å²) >= 11 is 0. The molecule has 0 amide bonds. The van der Waals surface area contributed by atoms with Crippen LogP contribution in [0.1, 0.15) is 42.9 Å². The topological polar surface area (TPSA) is 36.4 Å². The largest absolute Gasteiger partial charge is 0.386 e. The van der Waals surface area contributed by atoms with E-state index in [1.54, 1.807) is 6.20 Å². The first kappa shape index (κ1) is 12.5. The zero-order chi connectivity index (χ0) is 12.5. The Labute approximate surface area is 103 Å². The van der Waals surface area contributed by atoms with Crippen molar-refractivity contribution >= 4 is 0 Å². The lowest BCUT2D eigenvalue weighted by atomic mass is 9.84. The number of aliphatic hydroxyl groups is 1. The Morgan fingerprint density at radius 1 is 1.35 bits per heavy atom. The average molecular weight is 234 g/mol. The Morgan fingerprint density at radius 3 is 2.53 bits per heavy atom. The normalized spacial score (nSPS) is 20.8. The number of nitrogens with zero attached hydrogens (tertiary/aromatic N) is 2. The number of hydrogen-bond acceptors (Lipinski definition) is 3. The first-order valence-electron chi connectivity index (χ1n) is 6.34. The van der Waals surface area contributed by atoms with Crippen LogP contribution >= 0.6 is 0 Å². The third-order valence-electron chi connectivity index (χ3n) is 4.24. The van der Waals surface area contributed by atoms with E-state index in [1.807, 2.05) is 19.2 Å². The van der Waals surface area contributed by atoms with Crippen LogP contribution in [0.4, 0.5) is 0 Å². The highest BCUT2D eigenvalue weighted by Crippen LogP contribution is 2.43. The smallest absolute Gasteiger partial charge is 0.0990 e. The number of aryl methyl sites for hydroxylation is 1. The summed E-state index contributed by atoms with van der Waals surface area (Å²) in [5.41, 5.74) is 2.00. The summed E-state index contributed by atoms with van der Waals surface area (Å²) in [6.07, 6.45) is 7.69.